The van der Waals surface area contributed by atoms with Crippen molar-refractivity contribution in [3.8, 4) is 0 Å². The van der Waals surface area contributed by atoms with Crippen molar-refractivity contribution >= 4 is 10.1 Å². The second-order valence-electron chi connectivity index (χ2n) is 6.64. The summed E-state index contributed by atoms with van der Waals surface area (Å²) in [6.07, 6.45) is -5.22. The lowest BCUT2D eigenvalue weighted by molar-refractivity contribution is -0.225. The van der Waals surface area contributed by atoms with E-state index < -0.39 is 53.2 Å². The Bertz CT molecular complexity index is 714. The van der Waals surface area contributed by atoms with Crippen LogP contribution < -0.4 is 0 Å². The van der Waals surface area contributed by atoms with Crippen LogP contribution in [0.4, 0.5) is 0 Å². The van der Waals surface area contributed by atoms with Crippen LogP contribution in [0, 0.1) is 6.92 Å². The number of rotatable bonds is 5. The average Bonchev–Trinajstić information content (AvgIpc) is 2.99. The van der Waals surface area contributed by atoms with Gasteiger partial charge in [-0.15, -0.1) is 0 Å². The third-order valence-electron chi connectivity index (χ3n) is 4.16. The molecule has 2 fully saturated rings. The average molecular weight is 374 g/mol. The zero-order valence-electron chi connectivity index (χ0n) is 14.2. The van der Waals surface area contributed by atoms with Crippen molar-refractivity contribution < 1.29 is 37.0 Å². The molecule has 8 nitrogen and oxygen atoms in total. The molecular weight excluding hydrogens is 352 g/mol. The summed E-state index contributed by atoms with van der Waals surface area (Å²) in [5.41, 5.74) is 0.900. The largest absolute Gasteiger partial charge is 0.394 e. The molecule has 0 spiro atoms. The van der Waals surface area contributed by atoms with Crippen LogP contribution in [0.25, 0.3) is 0 Å². The Morgan fingerprint density at radius 2 is 1.88 bits per heavy atom. The molecule has 2 aliphatic heterocycles. The normalized spacial score (nSPS) is 32.5. The van der Waals surface area contributed by atoms with Gasteiger partial charge in [-0.1, -0.05) is 17.7 Å². The van der Waals surface area contributed by atoms with Crippen molar-refractivity contribution in [3.05, 3.63) is 29.8 Å². The van der Waals surface area contributed by atoms with Crippen molar-refractivity contribution in [2.45, 2.75) is 62.2 Å². The predicted octanol–water partition coefficient (Wildman–Crippen LogP) is 0.299. The first-order valence-electron chi connectivity index (χ1n) is 7.93. The second kappa shape index (κ2) is 6.58. The number of fused-ring (bicyclic) bond motifs is 1. The number of aliphatic hydroxyl groups excluding tert-OH is 2. The summed E-state index contributed by atoms with van der Waals surface area (Å²) >= 11 is 0. The Labute approximate surface area is 146 Å². The monoisotopic (exact) mass is 374 g/mol. The van der Waals surface area contributed by atoms with Gasteiger partial charge in [0.2, 0.25) is 0 Å². The van der Waals surface area contributed by atoms with E-state index in [2.05, 4.69) is 0 Å². The molecular formula is C16H22O8S. The predicted molar refractivity (Wildman–Crippen MR) is 85.0 cm³/mol. The molecule has 2 N–H and O–H groups in total. The number of hydrogen-bond donors (Lipinski definition) is 2. The van der Waals surface area contributed by atoms with Gasteiger partial charge in [0, 0.05) is 0 Å². The molecule has 2 aliphatic rings. The number of benzene rings is 1. The summed E-state index contributed by atoms with van der Waals surface area (Å²) in [6, 6.07) is 6.10. The maximum absolute atomic E-state index is 12.4. The Morgan fingerprint density at radius 1 is 1.24 bits per heavy atom. The second-order valence-corrected chi connectivity index (χ2v) is 8.22. The first-order valence-corrected chi connectivity index (χ1v) is 9.34. The molecule has 25 heavy (non-hydrogen) atoms. The van der Waals surface area contributed by atoms with Crippen LogP contribution in [0.1, 0.15) is 19.4 Å². The molecule has 2 heterocycles. The zero-order chi connectivity index (χ0) is 18.4. The van der Waals surface area contributed by atoms with Gasteiger partial charge in [0.15, 0.2) is 12.1 Å². The summed E-state index contributed by atoms with van der Waals surface area (Å²) in [4.78, 5) is -0.0436. The number of ether oxygens (including phenoxy) is 3. The third kappa shape index (κ3) is 3.72. The molecule has 0 amide bonds. The van der Waals surface area contributed by atoms with Gasteiger partial charge >= 0.3 is 0 Å². The molecule has 1 aromatic rings. The van der Waals surface area contributed by atoms with Crippen molar-refractivity contribution in [1.29, 1.82) is 0 Å². The van der Waals surface area contributed by atoms with E-state index in [1.807, 2.05) is 6.92 Å². The first-order chi connectivity index (χ1) is 11.6. The summed E-state index contributed by atoms with van der Waals surface area (Å²) < 4.78 is 46.5. The molecule has 0 saturated carbocycles. The number of aliphatic hydroxyl groups is 2. The van der Waals surface area contributed by atoms with E-state index in [9.17, 15) is 18.6 Å². The van der Waals surface area contributed by atoms with Crippen LogP contribution in [0.2, 0.25) is 0 Å². The van der Waals surface area contributed by atoms with Gasteiger partial charge in [-0.2, -0.15) is 8.42 Å². The number of aryl methyl sites for hydroxylation is 1. The minimum atomic E-state index is -4.13. The summed E-state index contributed by atoms with van der Waals surface area (Å²) in [5.74, 6) is -0.912. The van der Waals surface area contributed by atoms with E-state index >= 15 is 0 Å². The topological polar surface area (TPSA) is 112 Å². The fourth-order valence-electron chi connectivity index (χ4n) is 2.94. The molecule has 1 aromatic carbocycles. The fraction of sp³-hybridized carbons (Fsp3) is 0.625. The molecule has 0 aliphatic carbocycles. The van der Waals surface area contributed by atoms with E-state index in [0.717, 1.165) is 5.56 Å². The molecule has 3 rings (SSSR count). The van der Waals surface area contributed by atoms with Crippen LogP contribution in [0.15, 0.2) is 29.2 Å². The SMILES string of the molecule is Cc1ccc(S(=O)(=O)O[C@H](CO)[C@H]2O[C@@H]3OC(C)(C)O[C@@H]3[C@H]2O)cc1. The van der Waals surface area contributed by atoms with Crippen LogP contribution in [-0.4, -0.2) is 61.7 Å². The van der Waals surface area contributed by atoms with Gasteiger partial charge in [0.05, 0.1) is 11.5 Å². The van der Waals surface area contributed by atoms with Gasteiger partial charge in [0.1, 0.15) is 24.4 Å². The van der Waals surface area contributed by atoms with E-state index in [0.29, 0.717) is 0 Å². The van der Waals surface area contributed by atoms with E-state index in [-0.39, 0.29) is 4.90 Å². The summed E-state index contributed by atoms with van der Waals surface area (Å²) in [6.45, 7) is 4.53. The Hall–Kier alpha value is -1.07. The van der Waals surface area contributed by atoms with Gasteiger partial charge in [-0.3, -0.25) is 4.18 Å². The van der Waals surface area contributed by atoms with Gasteiger partial charge < -0.3 is 24.4 Å². The molecule has 140 valence electrons. The Morgan fingerprint density at radius 3 is 2.44 bits per heavy atom. The van der Waals surface area contributed by atoms with Gasteiger partial charge in [-0.25, -0.2) is 0 Å². The minimum Gasteiger partial charge on any atom is -0.394 e. The minimum absolute atomic E-state index is 0.0436. The van der Waals surface area contributed by atoms with Crippen molar-refractivity contribution in [1.82, 2.24) is 0 Å². The molecule has 0 bridgehead atoms. The smallest absolute Gasteiger partial charge is 0.297 e. The highest BCUT2D eigenvalue weighted by Gasteiger charge is 2.56. The molecule has 2 saturated heterocycles. The number of hydrogen-bond acceptors (Lipinski definition) is 8. The summed E-state index contributed by atoms with van der Waals surface area (Å²) in [7, 11) is -4.13. The van der Waals surface area contributed by atoms with Crippen LogP contribution in [0.3, 0.4) is 0 Å². The standard InChI is InChI=1S/C16H22O8S/c1-9-4-6-10(7-5-9)25(19,20)24-11(8-17)13-12(18)14-15(21-13)23-16(2,3)22-14/h4-7,11-15,17-18H,8H2,1-3H3/t11-,12+,13-,14-,15-/m1/s1. The maximum Gasteiger partial charge on any atom is 0.297 e. The van der Waals surface area contributed by atoms with Crippen molar-refractivity contribution in [2.24, 2.45) is 0 Å². The lowest BCUT2D eigenvalue weighted by atomic mass is 10.1. The molecule has 0 radical (unpaired) electrons. The lowest BCUT2D eigenvalue weighted by Crippen LogP contribution is -2.44. The highest BCUT2D eigenvalue weighted by molar-refractivity contribution is 7.86. The summed E-state index contributed by atoms with van der Waals surface area (Å²) in [5, 5.41) is 19.9. The molecule has 0 aromatic heterocycles. The Kier molecular flexibility index (Phi) is 4.93. The molecule has 5 atom stereocenters. The molecule has 0 unspecified atom stereocenters. The Balaban J connectivity index is 1.74. The highest BCUT2D eigenvalue weighted by atomic mass is 32.2. The third-order valence-corrected chi connectivity index (χ3v) is 5.51. The zero-order valence-corrected chi connectivity index (χ0v) is 15.0. The van der Waals surface area contributed by atoms with Crippen LogP contribution in [-0.2, 0) is 28.5 Å². The van der Waals surface area contributed by atoms with Gasteiger partial charge in [-0.05, 0) is 32.9 Å². The highest BCUT2D eigenvalue weighted by Crippen LogP contribution is 2.39. The quantitative estimate of drug-likeness (QED) is 0.708. The molecule has 9 heteroatoms. The fourth-order valence-corrected chi connectivity index (χ4v) is 4.01. The van der Waals surface area contributed by atoms with E-state index in [4.69, 9.17) is 18.4 Å². The van der Waals surface area contributed by atoms with Crippen molar-refractivity contribution in [3.63, 3.8) is 0 Å². The van der Waals surface area contributed by atoms with Crippen LogP contribution in [0.5, 0.6) is 0 Å². The van der Waals surface area contributed by atoms with Crippen LogP contribution >= 0.6 is 0 Å². The first kappa shape index (κ1) is 18.7. The van der Waals surface area contributed by atoms with Gasteiger partial charge in [0.25, 0.3) is 10.1 Å². The van der Waals surface area contributed by atoms with E-state index in [1.54, 1.807) is 26.0 Å². The maximum atomic E-state index is 12.4. The van der Waals surface area contributed by atoms with Crippen molar-refractivity contribution in [2.75, 3.05) is 6.61 Å². The lowest BCUT2D eigenvalue weighted by Gasteiger charge is -2.27. The van der Waals surface area contributed by atoms with E-state index in [1.165, 1.54) is 12.1 Å².